The number of carbonyl (C=O) groups excluding carboxylic acids is 1. The molecule has 3 rings (SSSR count). The fourth-order valence-corrected chi connectivity index (χ4v) is 3.20. The highest BCUT2D eigenvalue weighted by molar-refractivity contribution is 6.06. The van der Waals surface area contributed by atoms with E-state index in [2.05, 4.69) is 24.1 Å². The van der Waals surface area contributed by atoms with Crippen molar-refractivity contribution in [2.45, 2.75) is 20.8 Å². The Balaban J connectivity index is 1.91. The maximum atomic E-state index is 12.7. The SMILES string of the molecule is CCN(CC)c1ccc(NC(=O)c2cc3cccc(OC)c3oc2=O)c(C)c1. The van der Waals surface area contributed by atoms with Crippen LogP contribution in [0.15, 0.2) is 51.7 Å². The normalized spacial score (nSPS) is 10.7. The van der Waals surface area contributed by atoms with Crippen LogP contribution in [0.4, 0.5) is 11.4 Å². The van der Waals surface area contributed by atoms with E-state index in [1.165, 1.54) is 13.2 Å². The van der Waals surface area contributed by atoms with E-state index in [4.69, 9.17) is 9.15 Å². The summed E-state index contributed by atoms with van der Waals surface area (Å²) in [5, 5.41) is 3.44. The van der Waals surface area contributed by atoms with Crippen molar-refractivity contribution in [1.82, 2.24) is 0 Å². The van der Waals surface area contributed by atoms with Gasteiger partial charge in [-0.3, -0.25) is 4.79 Å². The number of hydrogen-bond donors (Lipinski definition) is 1. The lowest BCUT2D eigenvalue weighted by atomic mass is 10.1. The molecule has 6 nitrogen and oxygen atoms in total. The molecule has 0 saturated carbocycles. The second-order valence-corrected chi connectivity index (χ2v) is 6.45. The van der Waals surface area contributed by atoms with Crippen molar-refractivity contribution in [3.05, 3.63) is 64.0 Å². The molecule has 0 saturated heterocycles. The first kappa shape index (κ1) is 19.5. The molecule has 0 atom stereocenters. The van der Waals surface area contributed by atoms with Gasteiger partial charge in [-0.15, -0.1) is 0 Å². The minimum absolute atomic E-state index is 0.0482. The number of rotatable bonds is 6. The number of nitrogens with zero attached hydrogens (tertiary/aromatic N) is 1. The molecule has 0 bridgehead atoms. The summed E-state index contributed by atoms with van der Waals surface area (Å²) < 4.78 is 10.5. The fourth-order valence-electron chi connectivity index (χ4n) is 3.20. The second kappa shape index (κ2) is 8.17. The second-order valence-electron chi connectivity index (χ2n) is 6.45. The van der Waals surface area contributed by atoms with Crippen molar-refractivity contribution in [2.75, 3.05) is 30.4 Å². The number of hydrogen-bond acceptors (Lipinski definition) is 5. The molecule has 0 fully saturated rings. The highest BCUT2D eigenvalue weighted by Crippen LogP contribution is 2.26. The Morgan fingerprint density at radius 3 is 2.54 bits per heavy atom. The third kappa shape index (κ3) is 3.71. The monoisotopic (exact) mass is 380 g/mol. The molecule has 2 aromatic carbocycles. The molecular formula is C22H24N2O4. The molecular weight excluding hydrogens is 356 g/mol. The maximum Gasteiger partial charge on any atom is 0.349 e. The Morgan fingerprint density at radius 2 is 1.89 bits per heavy atom. The summed E-state index contributed by atoms with van der Waals surface area (Å²) in [7, 11) is 1.50. The van der Waals surface area contributed by atoms with Crippen LogP contribution < -0.4 is 20.6 Å². The topological polar surface area (TPSA) is 71.8 Å². The Hall–Kier alpha value is -3.28. The molecule has 0 aliphatic rings. The molecule has 0 aliphatic heterocycles. The first-order chi connectivity index (χ1) is 13.5. The number of carbonyl (C=O) groups is 1. The molecule has 1 N–H and O–H groups in total. The van der Waals surface area contributed by atoms with Gasteiger partial charge >= 0.3 is 5.63 Å². The number of amides is 1. The van der Waals surface area contributed by atoms with Gasteiger partial charge in [-0.1, -0.05) is 12.1 Å². The van der Waals surface area contributed by atoms with E-state index in [9.17, 15) is 9.59 Å². The summed E-state index contributed by atoms with van der Waals surface area (Å²) in [5.41, 5.74) is 2.25. The first-order valence-corrected chi connectivity index (χ1v) is 9.26. The third-order valence-electron chi connectivity index (χ3n) is 4.78. The molecule has 0 aliphatic carbocycles. The van der Waals surface area contributed by atoms with Gasteiger partial charge in [-0.25, -0.2) is 4.79 Å². The number of ether oxygens (including phenoxy) is 1. The number of fused-ring (bicyclic) bond motifs is 1. The minimum Gasteiger partial charge on any atom is -0.493 e. The zero-order valence-corrected chi connectivity index (χ0v) is 16.5. The van der Waals surface area contributed by atoms with Crippen LogP contribution in [0.1, 0.15) is 29.8 Å². The van der Waals surface area contributed by atoms with Crippen molar-refractivity contribution in [3.8, 4) is 5.75 Å². The Kier molecular flexibility index (Phi) is 5.68. The van der Waals surface area contributed by atoms with Crippen LogP contribution in [0.3, 0.4) is 0 Å². The summed E-state index contributed by atoms with van der Waals surface area (Å²) >= 11 is 0. The molecule has 1 amide bonds. The van der Waals surface area contributed by atoms with Gasteiger partial charge in [-0.05, 0) is 56.7 Å². The van der Waals surface area contributed by atoms with Crippen LogP contribution >= 0.6 is 0 Å². The van der Waals surface area contributed by atoms with Gasteiger partial charge in [0.1, 0.15) is 5.56 Å². The number of para-hydroxylation sites is 1. The van der Waals surface area contributed by atoms with E-state index in [1.807, 2.05) is 25.1 Å². The molecule has 1 aromatic heterocycles. The van der Waals surface area contributed by atoms with Gasteiger partial charge < -0.3 is 19.4 Å². The van der Waals surface area contributed by atoms with Crippen molar-refractivity contribution in [1.29, 1.82) is 0 Å². The lowest BCUT2D eigenvalue weighted by Gasteiger charge is -2.22. The van der Waals surface area contributed by atoms with Crippen molar-refractivity contribution in [2.24, 2.45) is 0 Å². The van der Waals surface area contributed by atoms with E-state index in [-0.39, 0.29) is 5.56 Å². The van der Waals surface area contributed by atoms with Crippen LogP contribution in [-0.2, 0) is 0 Å². The minimum atomic E-state index is -0.702. The third-order valence-corrected chi connectivity index (χ3v) is 4.78. The fraction of sp³-hybridized carbons (Fsp3) is 0.273. The van der Waals surface area contributed by atoms with Crippen LogP contribution in [-0.4, -0.2) is 26.1 Å². The average molecular weight is 380 g/mol. The summed E-state index contributed by atoms with van der Waals surface area (Å²) in [6.45, 7) is 7.94. The van der Waals surface area contributed by atoms with E-state index in [1.54, 1.807) is 18.2 Å². The van der Waals surface area contributed by atoms with Crippen LogP contribution in [0.2, 0.25) is 0 Å². The predicted molar refractivity (Wildman–Crippen MR) is 112 cm³/mol. The standard InChI is InChI=1S/C22H24N2O4/c1-5-24(6-2)16-10-11-18(14(3)12-16)23-21(25)17-13-15-8-7-9-19(27-4)20(15)28-22(17)26/h7-13H,5-6H2,1-4H3,(H,23,25). The number of aryl methyl sites for hydroxylation is 1. The van der Waals surface area contributed by atoms with E-state index in [0.717, 1.165) is 24.3 Å². The lowest BCUT2D eigenvalue weighted by Crippen LogP contribution is -2.23. The summed E-state index contributed by atoms with van der Waals surface area (Å²) in [5.74, 6) is -0.0541. The highest BCUT2D eigenvalue weighted by Gasteiger charge is 2.17. The summed E-state index contributed by atoms with van der Waals surface area (Å²) in [6.07, 6.45) is 0. The van der Waals surface area contributed by atoms with Crippen molar-refractivity contribution in [3.63, 3.8) is 0 Å². The number of methoxy groups -OCH3 is 1. The molecule has 3 aromatic rings. The van der Waals surface area contributed by atoms with E-state index in [0.29, 0.717) is 22.4 Å². The van der Waals surface area contributed by atoms with Gasteiger partial charge in [0.25, 0.3) is 5.91 Å². The molecule has 1 heterocycles. The zero-order chi connectivity index (χ0) is 20.3. The number of nitrogens with one attached hydrogen (secondary N) is 1. The van der Waals surface area contributed by atoms with Crippen molar-refractivity contribution >= 4 is 28.3 Å². The molecule has 6 heteroatoms. The van der Waals surface area contributed by atoms with Gasteiger partial charge in [0.15, 0.2) is 11.3 Å². The average Bonchev–Trinajstić information content (AvgIpc) is 2.69. The van der Waals surface area contributed by atoms with Crippen LogP contribution in [0.25, 0.3) is 11.0 Å². The van der Waals surface area contributed by atoms with Gasteiger partial charge in [0.05, 0.1) is 7.11 Å². The first-order valence-electron chi connectivity index (χ1n) is 9.26. The van der Waals surface area contributed by atoms with Crippen LogP contribution in [0, 0.1) is 6.92 Å². The summed E-state index contributed by atoms with van der Waals surface area (Å²) in [6, 6.07) is 12.6. The number of benzene rings is 2. The van der Waals surface area contributed by atoms with E-state index >= 15 is 0 Å². The van der Waals surface area contributed by atoms with E-state index < -0.39 is 11.5 Å². The van der Waals surface area contributed by atoms with Crippen LogP contribution in [0.5, 0.6) is 5.75 Å². The maximum absolute atomic E-state index is 12.7. The Morgan fingerprint density at radius 1 is 1.14 bits per heavy atom. The van der Waals surface area contributed by atoms with Gasteiger partial charge in [-0.2, -0.15) is 0 Å². The molecule has 0 radical (unpaired) electrons. The van der Waals surface area contributed by atoms with Crippen molar-refractivity contribution < 1.29 is 13.9 Å². The lowest BCUT2D eigenvalue weighted by molar-refractivity contribution is 0.102. The smallest absolute Gasteiger partial charge is 0.349 e. The molecule has 146 valence electrons. The zero-order valence-electron chi connectivity index (χ0n) is 16.5. The Bertz CT molecular complexity index is 1070. The quantitative estimate of drug-likeness (QED) is 0.649. The molecule has 28 heavy (non-hydrogen) atoms. The highest BCUT2D eigenvalue weighted by atomic mass is 16.5. The predicted octanol–water partition coefficient (Wildman–Crippen LogP) is 4.21. The number of anilines is 2. The summed E-state index contributed by atoms with van der Waals surface area (Å²) in [4.78, 5) is 27.3. The van der Waals surface area contributed by atoms with Gasteiger partial charge in [0.2, 0.25) is 0 Å². The van der Waals surface area contributed by atoms with Gasteiger partial charge in [0, 0.05) is 29.9 Å². The largest absolute Gasteiger partial charge is 0.493 e. The molecule has 0 unspecified atom stereocenters. The molecule has 0 spiro atoms. The Labute approximate surface area is 163 Å².